The topological polar surface area (TPSA) is 120 Å². The monoisotopic (exact) mass is 558 g/mol. The van der Waals surface area contributed by atoms with Gasteiger partial charge in [0.1, 0.15) is 18.9 Å². The van der Waals surface area contributed by atoms with Gasteiger partial charge in [0.2, 0.25) is 0 Å². The van der Waals surface area contributed by atoms with Gasteiger partial charge in [0, 0.05) is 45.1 Å². The summed E-state index contributed by atoms with van der Waals surface area (Å²) in [6, 6.07) is 4.52. The summed E-state index contributed by atoms with van der Waals surface area (Å²) in [5.74, 6) is 0. The Morgan fingerprint density at radius 2 is 1.10 bits per heavy atom. The summed E-state index contributed by atoms with van der Waals surface area (Å²) in [6.07, 6.45) is 12.6. The van der Waals surface area contributed by atoms with E-state index in [4.69, 9.17) is 0 Å². The van der Waals surface area contributed by atoms with Crippen LogP contribution in [0, 0.1) is 0 Å². The largest absolute Gasteiger partial charge is 1.00 e. The van der Waals surface area contributed by atoms with E-state index in [9.17, 15) is 13.0 Å². The van der Waals surface area contributed by atoms with Crippen molar-refractivity contribution in [3.05, 3.63) is 55.4 Å². The molecule has 0 N–H and O–H groups in total. The zero-order chi connectivity index (χ0) is 20.8. The van der Waals surface area contributed by atoms with Crippen LogP contribution < -0.4 is 0 Å². The van der Waals surface area contributed by atoms with Gasteiger partial charge in [0.15, 0.2) is 10.1 Å². The first kappa shape index (κ1) is 22.8. The average molecular weight is 559 g/mol. The zero-order valence-corrected chi connectivity index (χ0v) is 19.7. The predicted molar refractivity (Wildman–Crippen MR) is 108 cm³/mol. The summed E-state index contributed by atoms with van der Waals surface area (Å²) in [7, 11) is -4.91. The molecular weight excluding hydrogens is 537 g/mol. The number of nitrogens with zero attached hydrogens (tertiary/aromatic N) is 9. The Labute approximate surface area is 196 Å². The molecule has 7 heterocycles. The molecule has 4 aliphatic rings. The van der Waals surface area contributed by atoms with Crippen LogP contribution in [0.1, 0.15) is 0 Å². The van der Waals surface area contributed by atoms with Crippen LogP contribution in [0.3, 0.4) is 0 Å². The van der Waals surface area contributed by atoms with Gasteiger partial charge in [0.05, 0.1) is 20.0 Å². The summed E-state index contributed by atoms with van der Waals surface area (Å²) in [5.41, 5.74) is 0. The number of rotatable bonds is 4. The Morgan fingerprint density at radius 1 is 0.742 bits per heavy atom. The van der Waals surface area contributed by atoms with E-state index in [1.807, 2.05) is 0 Å². The fraction of sp³-hybridized carbons (Fsp3) is 0.438. The molecule has 3 aromatic rings. The molecule has 4 bridgehead atoms. The first-order chi connectivity index (χ1) is 14.5. The van der Waals surface area contributed by atoms with Gasteiger partial charge >= 0.3 is 27.5 Å². The van der Waals surface area contributed by atoms with E-state index < -0.39 is 15.2 Å². The van der Waals surface area contributed by atoms with E-state index in [1.165, 1.54) is 94.2 Å². The Hall–Kier alpha value is -1.41. The van der Waals surface area contributed by atoms with Crippen molar-refractivity contribution < 1.29 is 35.4 Å². The third-order valence-electron chi connectivity index (χ3n) is 5.29. The van der Waals surface area contributed by atoms with Crippen LogP contribution in [0.5, 0.6) is 0 Å². The normalized spacial score (nSPS) is 26.7. The average Bonchev–Trinajstić information content (AvgIpc) is 3.46. The maximum atomic E-state index is 12.0. The van der Waals surface area contributed by atoms with Crippen LogP contribution in [0.4, 0.5) is 0 Å². The van der Waals surface area contributed by atoms with E-state index >= 15 is 0 Å². The van der Waals surface area contributed by atoms with Crippen LogP contribution in [0.25, 0.3) is 0 Å². The van der Waals surface area contributed by atoms with Gasteiger partial charge in [0.25, 0.3) is 0 Å². The number of aromatic nitrogens is 6. The van der Waals surface area contributed by atoms with Gasteiger partial charge in [-0.15, -0.1) is 0 Å². The second-order valence-electron chi connectivity index (χ2n) is 7.54. The van der Waals surface area contributed by atoms with Gasteiger partial charge in [-0.3, -0.25) is 0 Å². The first-order valence-corrected chi connectivity index (χ1v) is 13.0. The first-order valence-electron chi connectivity index (χ1n) is 9.43. The molecule has 7 rings (SSSR count). The van der Waals surface area contributed by atoms with Crippen molar-refractivity contribution in [2.45, 2.75) is 5.12 Å². The molecule has 3 aromatic heterocycles. The molecule has 0 saturated carbocycles. The van der Waals surface area contributed by atoms with Gasteiger partial charge in [-0.1, -0.05) is 0 Å². The molecule has 0 spiro atoms. The third-order valence-corrected chi connectivity index (χ3v) is 9.20. The Morgan fingerprint density at radius 3 is 1.32 bits per heavy atom. The minimum absolute atomic E-state index is 0. The van der Waals surface area contributed by atoms with Gasteiger partial charge < -0.3 is 4.55 Å². The van der Waals surface area contributed by atoms with Crippen molar-refractivity contribution in [3.63, 3.8) is 0 Å². The van der Waals surface area contributed by atoms with E-state index in [1.54, 1.807) is 0 Å². The van der Waals surface area contributed by atoms with Crippen LogP contribution in [0.2, 0.25) is 0 Å². The van der Waals surface area contributed by atoms with Crippen molar-refractivity contribution in [1.82, 2.24) is 44.0 Å². The maximum absolute atomic E-state index is 12.0. The Bertz CT molecular complexity index is 935. The molecule has 0 atom stereocenters. The summed E-state index contributed by atoms with van der Waals surface area (Å²) in [6.45, 7) is 3.76. The molecular formula is C16H22AgN9O3PS+. The Balaban J connectivity index is 0.000000175. The van der Waals surface area contributed by atoms with Crippen LogP contribution in [0.15, 0.2) is 55.4 Å². The van der Waals surface area contributed by atoms with Gasteiger partial charge in [-0.05, 0) is 18.2 Å². The molecule has 4 fully saturated rings. The van der Waals surface area contributed by atoms with Crippen molar-refractivity contribution in [2.75, 3.05) is 38.9 Å². The molecule has 0 unspecified atom stereocenters. The SMILES string of the molecule is C1N2CN3CN1C[PH+](C2)C3.O=S(=O)([O-])C(n1cccn1)(n1cccn1)n1cccn1.[Ag+]. The van der Waals surface area contributed by atoms with Crippen molar-refractivity contribution in [1.29, 1.82) is 0 Å². The van der Waals surface area contributed by atoms with E-state index in [0.29, 0.717) is 0 Å². The molecule has 15 heteroatoms. The standard InChI is InChI=1S/C10H10N6O3S.C6H12N3P.Ag/c17-20(18,19)10(14-7-1-4-11-14,15-8-2-5-12-15)16-9-3-6-13-16;1-7-2-9-3-8(1)5-10(4-7)6-9;/h1-9H,(H,17,18,19);1-6H2;/q;;+1. The third kappa shape index (κ3) is 4.06. The maximum Gasteiger partial charge on any atom is 1.00 e. The molecule has 170 valence electrons. The van der Waals surface area contributed by atoms with E-state index in [0.717, 1.165) is 14.0 Å². The minimum Gasteiger partial charge on any atom is -0.743 e. The fourth-order valence-electron chi connectivity index (χ4n) is 4.36. The van der Waals surface area contributed by atoms with Crippen LogP contribution in [-0.2, 0) is 37.6 Å². The summed E-state index contributed by atoms with van der Waals surface area (Å²) in [5, 5.41) is 9.39. The van der Waals surface area contributed by atoms with Crippen molar-refractivity contribution in [2.24, 2.45) is 0 Å². The van der Waals surface area contributed by atoms with Gasteiger partial charge in [-0.2, -0.15) is 15.3 Å². The van der Waals surface area contributed by atoms with Crippen molar-refractivity contribution >= 4 is 18.0 Å². The van der Waals surface area contributed by atoms with Gasteiger partial charge in [-0.25, -0.2) is 37.2 Å². The molecule has 0 aliphatic carbocycles. The summed E-state index contributed by atoms with van der Waals surface area (Å²) < 4.78 is 39.0. The molecule has 31 heavy (non-hydrogen) atoms. The fourth-order valence-corrected chi connectivity index (χ4v) is 8.17. The molecule has 0 radical (unpaired) electrons. The molecule has 0 aromatic carbocycles. The molecule has 4 aliphatic heterocycles. The molecule has 12 nitrogen and oxygen atoms in total. The molecule has 0 amide bonds. The van der Waals surface area contributed by atoms with Crippen molar-refractivity contribution in [3.8, 4) is 0 Å². The second kappa shape index (κ2) is 8.85. The predicted octanol–water partition coefficient (Wildman–Crippen LogP) is -0.624. The second-order valence-corrected chi connectivity index (χ2v) is 11.4. The zero-order valence-electron chi connectivity index (χ0n) is 16.4. The van der Waals surface area contributed by atoms with Crippen LogP contribution in [-0.4, -0.2) is 95.9 Å². The summed E-state index contributed by atoms with van der Waals surface area (Å²) >= 11 is 0. The number of hydrogen-bond acceptors (Lipinski definition) is 9. The minimum atomic E-state index is -4.94. The smallest absolute Gasteiger partial charge is 0.743 e. The summed E-state index contributed by atoms with van der Waals surface area (Å²) in [4.78, 5) is 7.76. The molecule has 4 saturated heterocycles. The quantitative estimate of drug-likeness (QED) is 0.234. The van der Waals surface area contributed by atoms with E-state index in [-0.39, 0.29) is 30.3 Å². The van der Waals surface area contributed by atoms with Crippen LogP contribution >= 0.6 is 7.92 Å². The number of hydrogen-bond donors (Lipinski definition) is 0. The Kier molecular flexibility index (Phi) is 6.50. The van der Waals surface area contributed by atoms with E-state index in [2.05, 4.69) is 30.0 Å².